The predicted molar refractivity (Wildman–Crippen MR) is 244 cm³/mol. The van der Waals surface area contributed by atoms with Gasteiger partial charge < -0.3 is 109 Å². The Balaban J connectivity index is 0.912. The first-order chi connectivity index (χ1) is 34.1. The molecule has 9 aliphatic rings. The maximum Gasteiger partial charge on any atom is 0.187 e. The number of fused-ring (bicyclic) bond motifs is 7. The molecule has 0 aromatic carbocycles. The van der Waals surface area contributed by atoms with Gasteiger partial charge in [0.15, 0.2) is 30.9 Å². The van der Waals surface area contributed by atoms with Crippen molar-refractivity contribution in [3.05, 3.63) is 23.8 Å². The van der Waals surface area contributed by atoms with Crippen molar-refractivity contribution >= 4 is 0 Å². The van der Waals surface area contributed by atoms with Gasteiger partial charge in [-0.1, -0.05) is 44.6 Å². The van der Waals surface area contributed by atoms with E-state index in [9.17, 15) is 61.3 Å². The zero-order valence-electron chi connectivity index (χ0n) is 41.7. The van der Waals surface area contributed by atoms with Crippen LogP contribution in [0.25, 0.3) is 0 Å². The average Bonchev–Trinajstić information content (AvgIpc) is 3.81. The van der Waals surface area contributed by atoms with Crippen LogP contribution in [0.1, 0.15) is 79.1 Å². The van der Waals surface area contributed by atoms with Gasteiger partial charge in [-0.3, -0.25) is 0 Å². The lowest BCUT2D eigenvalue weighted by Gasteiger charge is -2.60. The van der Waals surface area contributed by atoms with E-state index >= 15 is 0 Å². The molecule has 0 bridgehead atoms. The summed E-state index contributed by atoms with van der Waals surface area (Å²) in [5.74, 6) is -0.203. The summed E-state index contributed by atoms with van der Waals surface area (Å²) >= 11 is 0. The normalized spacial score (nSPS) is 54.5. The smallest absolute Gasteiger partial charge is 0.187 e. The molecule has 0 aromatic heterocycles. The SMILES string of the molecule is C=C(CC[C@@]1(OC)O[C@H]2C[C@H]3[C@@H]4CC=C5C[C@@H](O)C[C@@H](O[C@@H]6OC[C@H](O)[C@H](O[C@@H]7OC[C@@H](O)[C@H](O)[C@H]7O)[C@H]6O[C@@H]6O[C@@H](C)[C@H](O)[C@@H](O)[C@H]6O)[C@]5(C)[C@H]4CC[C@]3(C)[C@H]2[C@@H]1C)CO[C@@H]1O[C@H](CO)[C@@H](O)[C@H](O)[C@H]1O. The Hall–Kier alpha value is -1.40. The first-order valence-electron chi connectivity index (χ1n) is 25.9. The number of methoxy groups -OCH3 is 1. The lowest BCUT2D eigenvalue weighted by molar-refractivity contribution is -0.382. The number of ether oxygens (including phenoxy) is 10. The molecule has 8 fully saturated rings. The molecule has 5 heterocycles. The van der Waals surface area contributed by atoms with Crippen molar-refractivity contribution in [2.75, 3.05) is 33.5 Å². The molecule has 0 spiro atoms. The third kappa shape index (κ3) is 9.61. The van der Waals surface area contributed by atoms with Crippen molar-refractivity contribution in [1.29, 1.82) is 0 Å². The second kappa shape index (κ2) is 21.4. The number of hydrogen-bond acceptors (Lipinski definition) is 22. The Kier molecular flexibility index (Phi) is 16.5. The molecular formula is C50H80O22. The summed E-state index contributed by atoms with van der Waals surface area (Å²) < 4.78 is 61.7. The van der Waals surface area contributed by atoms with Gasteiger partial charge >= 0.3 is 0 Å². The molecule has 29 atom stereocenters. The van der Waals surface area contributed by atoms with Crippen LogP contribution in [0.5, 0.6) is 0 Å². The molecule has 4 aliphatic carbocycles. The Labute approximate surface area is 419 Å². The number of aliphatic hydroxyl groups is 12. The molecule has 5 aliphatic heterocycles. The number of rotatable bonds is 14. The summed E-state index contributed by atoms with van der Waals surface area (Å²) in [5, 5.41) is 127. The zero-order valence-corrected chi connectivity index (χ0v) is 41.7. The van der Waals surface area contributed by atoms with E-state index in [-0.39, 0.29) is 67.3 Å². The molecule has 22 heteroatoms. The number of hydrogen-bond donors (Lipinski definition) is 12. The fourth-order valence-corrected chi connectivity index (χ4v) is 14.7. The highest BCUT2D eigenvalue weighted by Crippen LogP contribution is 2.70. The molecule has 412 valence electrons. The minimum absolute atomic E-state index is 0.0113. The molecule has 0 unspecified atom stereocenters. The van der Waals surface area contributed by atoms with Crippen LogP contribution in [0.15, 0.2) is 23.8 Å². The van der Waals surface area contributed by atoms with E-state index in [0.29, 0.717) is 24.8 Å². The monoisotopic (exact) mass is 1030 g/mol. The second-order valence-electron chi connectivity index (χ2n) is 22.8. The van der Waals surface area contributed by atoms with Gasteiger partial charge in [-0.2, -0.15) is 0 Å². The van der Waals surface area contributed by atoms with Crippen LogP contribution in [0.4, 0.5) is 0 Å². The van der Waals surface area contributed by atoms with Crippen molar-refractivity contribution in [3.63, 3.8) is 0 Å². The standard InChI is InChI=1S/C50H80O22/c1-20(17-64-44-40(61)38(59)36(57)31(16-51)68-44)9-12-50(63-6)21(2)33-30(72-50)15-27-25-8-7-23-13-24(52)14-32(49(23,5)26(25)10-11-48(27,33)4)69-47-43(71-46-41(62)37(58)34(55)22(3)67-46)42(29(54)19-66-47)70-45-39(60)35(56)28(53)18-65-45/h7,21-22,24-47,51-62H,1,8-19H2,2-6H3/t21-,22-,24+,25+,26-,27-,28+,29-,30-,31+,32+,33-,34-,35-,36+,37+,38-,39+,40+,41+,42-,43+,44+,45-,46-,47-,48-,49-,50+/m0/s1. The number of allylic oxidation sites excluding steroid dienone is 1. The van der Waals surface area contributed by atoms with Crippen molar-refractivity contribution < 1.29 is 109 Å². The molecule has 0 aromatic rings. The van der Waals surface area contributed by atoms with Gasteiger partial charge in [-0.25, -0.2) is 0 Å². The Bertz CT molecular complexity index is 1910. The first-order valence-corrected chi connectivity index (χ1v) is 25.9. The lowest BCUT2D eigenvalue weighted by Crippen LogP contribution is -2.65. The van der Waals surface area contributed by atoms with Crippen LogP contribution in [0.3, 0.4) is 0 Å². The van der Waals surface area contributed by atoms with E-state index in [1.165, 1.54) is 6.92 Å². The fourth-order valence-electron chi connectivity index (χ4n) is 14.7. The highest BCUT2D eigenvalue weighted by molar-refractivity contribution is 5.29. The topological polar surface area (TPSA) is 335 Å². The third-order valence-electron chi connectivity index (χ3n) is 18.8. The van der Waals surface area contributed by atoms with Gasteiger partial charge in [-0.15, -0.1) is 0 Å². The minimum atomic E-state index is -1.76. The van der Waals surface area contributed by atoms with Crippen LogP contribution in [0.2, 0.25) is 0 Å². The van der Waals surface area contributed by atoms with Gasteiger partial charge in [-0.05, 0) is 74.5 Å². The van der Waals surface area contributed by atoms with Gasteiger partial charge in [0.05, 0.1) is 50.8 Å². The van der Waals surface area contributed by atoms with E-state index in [2.05, 4.69) is 33.4 Å². The molecule has 5 saturated heterocycles. The Morgan fingerprint density at radius 3 is 2.12 bits per heavy atom. The van der Waals surface area contributed by atoms with E-state index in [0.717, 1.165) is 31.3 Å². The van der Waals surface area contributed by atoms with Gasteiger partial charge in [0, 0.05) is 31.3 Å². The maximum absolute atomic E-state index is 11.5. The minimum Gasteiger partial charge on any atom is -0.394 e. The van der Waals surface area contributed by atoms with Crippen molar-refractivity contribution in [1.82, 2.24) is 0 Å². The van der Waals surface area contributed by atoms with Crippen LogP contribution < -0.4 is 0 Å². The largest absolute Gasteiger partial charge is 0.394 e. The summed E-state index contributed by atoms with van der Waals surface area (Å²) in [6.07, 6.45) is -20.7. The molecule has 72 heavy (non-hydrogen) atoms. The van der Waals surface area contributed by atoms with Crippen LogP contribution in [0, 0.1) is 40.4 Å². The summed E-state index contributed by atoms with van der Waals surface area (Å²) in [7, 11) is 1.66. The summed E-state index contributed by atoms with van der Waals surface area (Å²) in [6.45, 7) is 11.1. The zero-order chi connectivity index (χ0) is 51.9. The highest BCUT2D eigenvalue weighted by atomic mass is 16.8. The van der Waals surface area contributed by atoms with Crippen molar-refractivity contribution in [2.24, 2.45) is 40.4 Å². The predicted octanol–water partition coefficient (Wildman–Crippen LogP) is -2.18. The lowest BCUT2D eigenvalue weighted by atomic mass is 9.46. The molecule has 9 rings (SSSR count). The van der Waals surface area contributed by atoms with Gasteiger partial charge in [0.25, 0.3) is 0 Å². The van der Waals surface area contributed by atoms with E-state index in [4.69, 9.17) is 47.4 Å². The Morgan fingerprint density at radius 1 is 0.736 bits per heavy atom. The van der Waals surface area contributed by atoms with Crippen LogP contribution in [-0.4, -0.2) is 230 Å². The van der Waals surface area contributed by atoms with Gasteiger partial charge in [0.2, 0.25) is 0 Å². The number of aliphatic hydroxyl groups excluding tert-OH is 12. The fraction of sp³-hybridized carbons (Fsp3) is 0.920. The first kappa shape index (κ1) is 55.4. The summed E-state index contributed by atoms with van der Waals surface area (Å²) in [6, 6.07) is 0. The second-order valence-corrected chi connectivity index (χ2v) is 22.8. The molecule has 3 saturated carbocycles. The molecular weight excluding hydrogens is 953 g/mol. The third-order valence-corrected chi connectivity index (χ3v) is 18.8. The summed E-state index contributed by atoms with van der Waals surface area (Å²) in [4.78, 5) is 0. The van der Waals surface area contributed by atoms with Crippen molar-refractivity contribution in [3.8, 4) is 0 Å². The van der Waals surface area contributed by atoms with Crippen LogP contribution >= 0.6 is 0 Å². The quantitative estimate of drug-likeness (QED) is 0.0823. The molecule has 12 N–H and O–H groups in total. The molecule has 22 nitrogen and oxygen atoms in total. The van der Waals surface area contributed by atoms with Crippen molar-refractivity contribution in [2.45, 2.75) is 214 Å². The average molecular weight is 1030 g/mol. The van der Waals surface area contributed by atoms with E-state index in [1.54, 1.807) is 7.11 Å². The highest BCUT2D eigenvalue weighted by Gasteiger charge is 2.69. The van der Waals surface area contributed by atoms with E-state index in [1.807, 2.05) is 0 Å². The Morgan fingerprint density at radius 2 is 1.40 bits per heavy atom. The summed E-state index contributed by atoms with van der Waals surface area (Å²) in [5.41, 5.74) is 0.992. The molecule has 0 amide bonds. The van der Waals surface area contributed by atoms with E-state index < -0.39 is 141 Å². The van der Waals surface area contributed by atoms with Crippen LogP contribution in [-0.2, 0) is 47.4 Å². The maximum atomic E-state index is 11.5. The van der Waals surface area contributed by atoms with Gasteiger partial charge in [0.1, 0.15) is 79.4 Å². The molecule has 0 radical (unpaired) electrons.